The van der Waals surface area contributed by atoms with Crippen LogP contribution in [0.25, 0.3) is 0 Å². The Bertz CT molecular complexity index is 925. The number of ether oxygens (including phenoxy) is 1. The molecule has 0 saturated carbocycles. The summed E-state index contributed by atoms with van der Waals surface area (Å²) in [5.74, 6) is -2.02. The van der Waals surface area contributed by atoms with Crippen LogP contribution in [0.15, 0.2) is 24.4 Å². The Hall–Kier alpha value is -3.29. The summed E-state index contributed by atoms with van der Waals surface area (Å²) in [6.45, 7) is 1.71. The predicted molar refractivity (Wildman–Crippen MR) is 81.3 cm³/mol. The van der Waals surface area contributed by atoms with Gasteiger partial charge in [0.05, 0.1) is 22.7 Å². The van der Waals surface area contributed by atoms with Crippen molar-refractivity contribution in [3.05, 3.63) is 62.5 Å². The molecule has 1 aromatic heterocycles. The van der Waals surface area contributed by atoms with Gasteiger partial charge in [-0.05, 0) is 13.0 Å². The second-order valence-corrected chi connectivity index (χ2v) is 5.21. The van der Waals surface area contributed by atoms with E-state index in [0.29, 0.717) is 0 Å². The number of carbonyl (C=O) groups is 3. The summed E-state index contributed by atoms with van der Waals surface area (Å²) in [5, 5.41) is 11.2. The fourth-order valence-electron chi connectivity index (χ4n) is 2.86. The van der Waals surface area contributed by atoms with Gasteiger partial charge in [-0.2, -0.15) is 0 Å². The van der Waals surface area contributed by atoms with E-state index < -0.39 is 28.1 Å². The van der Waals surface area contributed by atoms with E-state index in [1.165, 1.54) is 29.9 Å². The highest BCUT2D eigenvalue weighted by Gasteiger charge is 2.40. The monoisotopic (exact) mass is 328 g/mol. The van der Waals surface area contributed by atoms with Crippen molar-refractivity contribution in [2.75, 3.05) is 6.61 Å². The van der Waals surface area contributed by atoms with Crippen molar-refractivity contribution >= 4 is 23.2 Å². The molecule has 1 aliphatic carbocycles. The molecular formula is C16H12N2O6. The van der Waals surface area contributed by atoms with Gasteiger partial charge in [-0.25, -0.2) is 4.79 Å². The molecule has 1 heterocycles. The highest BCUT2D eigenvalue weighted by atomic mass is 16.6. The number of rotatable bonds is 3. The molecule has 0 unspecified atom stereocenters. The molecule has 8 nitrogen and oxygen atoms in total. The third-order valence-electron chi connectivity index (χ3n) is 3.83. The zero-order chi connectivity index (χ0) is 17.6. The summed E-state index contributed by atoms with van der Waals surface area (Å²) in [5.41, 5.74) is -0.995. The lowest BCUT2D eigenvalue weighted by Gasteiger charge is -2.15. The zero-order valence-corrected chi connectivity index (χ0v) is 12.9. The second-order valence-electron chi connectivity index (χ2n) is 5.21. The van der Waals surface area contributed by atoms with Gasteiger partial charge in [0.2, 0.25) is 5.78 Å². The van der Waals surface area contributed by atoms with Gasteiger partial charge in [0.25, 0.3) is 5.69 Å². The zero-order valence-electron chi connectivity index (χ0n) is 12.9. The Morgan fingerprint density at radius 3 is 2.54 bits per heavy atom. The van der Waals surface area contributed by atoms with Gasteiger partial charge in [-0.1, -0.05) is 6.07 Å². The average Bonchev–Trinajstić information content (AvgIpc) is 2.89. The summed E-state index contributed by atoms with van der Waals surface area (Å²) in [4.78, 5) is 48.1. The number of nitro groups is 1. The van der Waals surface area contributed by atoms with E-state index in [9.17, 15) is 24.5 Å². The standard InChI is InChI=1S/C16H12N2O6/c1-3-24-16(21)13-12-9(7-17(13)2)14(19)8-5-4-6-10(18(22)23)11(8)15(12)20/h4-7H,3H2,1-2H3. The molecule has 122 valence electrons. The highest BCUT2D eigenvalue weighted by molar-refractivity contribution is 6.31. The molecule has 24 heavy (non-hydrogen) atoms. The Balaban J connectivity index is 2.30. The molecule has 2 aromatic rings. The molecule has 0 amide bonds. The van der Waals surface area contributed by atoms with E-state index in [1.54, 1.807) is 6.92 Å². The number of hydrogen-bond donors (Lipinski definition) is 0. The van der Waals surface area contributed by atoms with Crippen LogP contribution >= 0.6 is 0 Å². The van der Waals surface area contributed by atoms with Crippen LogP contribution in [0.4, 0.5) is 5.69 Å². The summed E-state index contributed by atoms with van der Waals surface area (Å²) in [6.07, 6.45) is 1.36. The van der Waals surface area contributed by atoms with Crippen molar-refractivity contribution < 1.29 is 24.0 Å². The van der Waals surface area contributed by atoms with Crippen molar-refractivity contribution in [1.29, 1.82) is 0 Å². The molecule has 0 N–H and O–H groups in total. The van der Waals surface area contributed by atoms with Crippen molar-refractivity contribution in [3.8, 4) is 0 Å². The molecule has 1 aliphatic rings. The van der Waals surface area contributed by atoms with E-state index in [-0.39, 0.29) is 34.6 Å². The minimum Gasteiger partial charge on any atom is -0.461 e. The first kappa shape index (κ1) is 15.6. The second kappa shape index (κ2) is 5.41. The lowest BCUT2D eigenvalue weighted by atomic mass is 9.84. The molecule has 0 saturated heterocycles. The van der Waals surface area contributed by atoms with Gasteiger partial charge < -0.3 is 9.30 Å². The van der Waals surface area contributed by atoms with E-state index in [2.05, 4.69) is 0 Å². The molecule has 0 spiro atoms. The Morgan fingerprint density at radius 1 is 1.21 bits per heavy atom. The lowest BCUT2D eigenvalue weighted by Crippen LogP contribution is -2.23. The van der Waals surface area contributed by atoms with Crippen LogP contribution in [0, 0.1) is 10.1 Å². The van der Waals surface area contributed by atoms with Gasteiger partial charge >= 0.3 is 5.97 Å². The summed E-state index contributed by atoms with van der Waals surface area (Å²) in [7, 11) is 1.50. The van der Waals surface area contributed by atoms with Crippen molar-refractivity contribution in [2.24, 2.45) is 7.05 Å². The molecule has 0 atom stereocenters. The smallest absolute Gasteiger partial charge is 0.355 e. The number of hydrogen-bond acceptors (Lipinski definition) is 6. The van der Waals surface area contributed by atoms with E-state index in [1.807, 2.05) is 0 Å². The number of aryl methyl sites for hydroxylation is 1. The van der Waals surface area contributed by atoms with Crippen LogP contribution in [0.3, 0.4) is 0 Å². The largest absolute Gasteiger partial charge is 0.461 e. The van der Waals surface area contributed by atoms with Gasteiger partial charge in [0.1, 0.15) is 11.3 Å². The first-order valence-corrected chi connectivity index (χ1v) is 7.11. The fourth-order valence-corrected chi connectivity index (χ4v) is 2.86. The minimum atomic E-state index is -0.760. The van der Waals surface area contributed by atoms with Gasteiger partial charge in [-0.15, -0.1) is 0 Å². The van der Waals surface area contributed by atoms with Gasteiger partial charge in [0.15, 0.2) is 5.78 Å². The number of aromatic nitrogens is 1. The molecule has 3 rings (SSSR count). The van der Waals surface area contributed by atoms with Crippen LogP contribution in [0.2, 0.25) is 0 Å². The van der Waals surface area contributed by atoms with Crippen molar-refractivity contribution in [2.45, 2.75) is 6.92 Å². The van der Waals surface area contributed by atoms with E-state index >= 15 is 0 Å². The summed E-state index contributed by atoms with van der Waals surface area (Å²) in [6, 6.07) is 3.87. The number of ketones is 2. The number of esters is 1. The molecule has 1 aromatic carbocycles. The average molecular weight is 328 g/mol. The topological polar surface area (TPSA) is 109 Å². The van der Waals surface area contributed by atoms with E-state index in [4.69, 9.17) is 4.74 Å². The molecular weight excluding hydrogens is 316 g/mol. The molecule has 0 bridgehead atoms. The normalized spacial score (nSPS) is 12.6. The van der Waals surface area contributed by atoms with Crippen LogP contribution in [0.1, 0.15) is 49.3 Å². The fraction of sp³-hybridized carbons (Fsp3) is 0.188. The Morgan fingerprint density at radius 2 is 1.92 bits per heavy atom. The summed E-state index contributed by atoms with van der Waals surface area (Å²) >= 11 is 0. The number of carbonyl (C=O) groups excluding carboxylic acids is 3. The molecule has 0 radical (unpaired) electrons. The predicted octanol–water partition coefficient (Wildman–Crippen LogP) is 1.89. The quantitative estimate of drug-likeness (QED) is 0.412. The number of nitrogens with zero attached hydrogens (tertiary/aromatic N) is 2. The van der Waals surface area contributed by atoms with E-state index in [0.717, 1.165) is 6.07 Å². The molecule has 0 aliphatic heterocycles. The molecule has 8 heteroatoms. The maximum atomic E-state index is 12.8. The van der Waals surface area contributed by atoms with Crippen LogP contribution < -0.4 is 0 Å². The first-order chi connectivity index (χ1) is 11.4. The van der Waals surface area contributed by atoms with Crippen LogP contribution in [-0.2, 0) is 11.8 Å². The Kier molecular flexibility index (Phi) is 3.52. The Labute approximate surface area is 135 Å². The summed E-state index contributed by atoms with van der Waals surface area (Å²) < 4.78 is 6.25. The number of nitro benzene ring substituents is 1. The van der Waals surface area contributed by atoms with Crippen LogP contribution in [0.5, 0.6) is 0 Å². The third-order valence-corrected chi connectivity index (χ3v) is 3.83. The van der Waals surface area contributed by atoms with Crippen molar-refractivity contribution in [3.63, 3.8) is 0 Å². The number of benzene rings is 1. The van der Waals surface area contributed by atoms with Gasteiger partial charge in [0, 0.05) is 24.9 Å². The maximum Gasteiger partial charge on any atom is 0.355 e. The van der Waals surface area contributed by atoms with Crippen LogP contribution in [-0.4, -0.2) is 33.6 Å². The minimum absolute atomic E-state index is 0.0392. The third kappa shape index (κ3) is 2.03. The lowest BCUT2D eigenvalue weighted by molar-refractivity contribution is -0.385. The number of fused-ring (bicyclic) bond motifs is 2. The maximum absolute atomic E-state index is 12.8. The SMILES string of the molecule is CCOC(=O)c1c2c(cn1C)C(=O)c1cccc([N+](=O)[O-])c1C2=O. The first-order valence-electron chi connectivity index (χ1n) is 7.11. The highest BCUT2D eigenvalue weighted by Crippen LogP contribution is 2.35. The molecule has 0 fully saturated rings. The van der Waals surface area contributed by atoms with Crippen molar-refractivity contribution in [1.82, 2.24) is 4.57 Å². The van der Waals surface area contributed by atoms with Gasteiger partial charge in [-0.3, -0.25) is 19.7 Å².